The molecule has 0 radical (unpaired) electrons. The highest BCUT2D eigenvalue weighted by Gasteiger charge is 2.55. The number of nitrogens with zero attached hydrogens (tertiary/aromatic N) is 1. The molecule has 5 nitrogen and oxygen atoms in total. The molecule has 1 N–H and O–H groups in total. The lowest BCUT2D eigenvalue weighted by molar-refractivity contribution is -0.124. The van der Waals surface area contributed by atoms with Crippen molar-refractivity contribution in [2.45, 2.75) is 65.0 Å². The van der Waals surface area contributed by atoms with Gasteiger partial charge < -0.3 is 10.1 Å². The Bertz CT molecular complexity index is 527. The zero-order valence-corrected chi connectivity index (χ0v) is 14.6. The molecule has 1 aliphatic heterocycles. The molecule has 1 spiro atoms. The van der Waals surface area contributed by atoms with Crippen molar-refractivity contribution in [3.8, 4) is 0 Å². The van der Waals surface area contributed by atoms with E-state index in [1.165, 1.54) is 0 Å². The molecular formula is C18H28N2O3. The zero-order valence-electron chi connectivity index (χ0n) is 14.6. The quantitative estimate of drug-likeness (QED) is 0.808. The summed E-state index contributed by atoms with van der Waals surface area (Å²) in [6.45, 7) is 12.0. The Balaban J connectivity index is 2.05. The van der Waals surface area contributed by atoms with Crippen molar-refractivity contribution in [2.75, 3.05) is 6.54 Å². The third-order valence-electron chi connectivity index (χ3n) is 4.23. The van der Waals surface area contributed by atoms with Crippen LogP contribution in [0.2, 0.25) is 0 Å². The second-order valence-electron chi connectivity index (χ2n) is 7.65. The summed E-state index contributed by atoms with van der Waals surface area (Å²) in [6.07, 6.45) is 7.06. The number of carbonyl (C=O) groups excluding carboxylic acids is 2. The van der Waals surface area contributed by atoms with E-state index < -0.39 is 17.7 Å². The summed E-state index contributed by atoms with van der Waals surface area (Å²) in [5.41, 5.74) is 0.113. The summed E-state index contributed by atoms with van der Waals surface area (Å²) in [7, 11) is 0. The Morgan fingerprint density at radius 2 is 2.04 bits per heavy atom. The minimum atomic E-state index is -0.565. The summed E-state index contributed by atoms with van der Waals surface area (Å²) in [4.78, 5) is 26.6. The second kappa shape index (κ2) is 6.38. The molecule has 0 bridgehead atoms. The van der Waals surface area contributed by atoms with E-state index in [0.717, 1.165) is 19.3 Å². The van der Waals surface area contributed by atoms with Crippen LogP contribution in [0.15, 0.2) is 24.4 Å². The van der Waals surface area contributed by atoms with Gasteiger partial charge in [0.25, 0.3) is 0 Å². The molecule has 128 valence electrons. The minimum absolute atomic E-state index is 0.125. The van der Waals surface area contributed by atoms with Crippen molar-refractivity contribution in [1.82, 2.24) is 10.2 Å². The van der Waals surface area contributed by atoms with Crippen LogP contribution in [0.25, 0.3) is 0 Å². The number of rotatable bonds is 4. The predicted octanol–water partition coefficient (Wildman–Crippen LogP) is 3.37. The average molecular weight is 320 g/mol. The third-order valence-corrected chi connectivity index (χ3v) is 4.23. The fraction of sp³-hybridized carbons (Fsp3) is 0.667. The van der Waals surface area contributed by atoms with Gasteiger partial charge in [0.15, 0.2) is 0 Å². The van der Waals surface area contributed by atoms with E-state index in [-0.39, 0.29) is 11.3 Å². The van der Waals surface area contributed by atoms with Gasteiger partial charge in [0, 0.05) is 12.2 Å². The standard InChI is InChI=1S/C18H28N2O3/c1-6-7-8-13(2)19-15(21)14-11-18(9-10-18)12-20(14)16(22)23-17(3,4)5/h7-8,14H,2,6,9-12H2,1,3-5H3,(H,19,21)/b8-7-/t14-/m0/s1. The molecule has 2 rings (SSSR count). The highest BCUT2D eigenvalue weighted by atomic mass is 16.6. The Morgan fingerprint density at radius 3 is 2.57 bits per heavy atom. The molecule has 1 saturated heterocycles. The number of hydrogen-bond donors (Lipinski definition) is 1. The molecule has 2 amide bonds. The topological polar surface area (TPSA) is 58.6 Å². The number of allylic oxidation sites excluding steroid dienone is 2. The SMILES string of the molecule is C=C(/C=C\CC)NC(=O)[C@@H]1CC2(CC2)CN1C(=O)OC(C)(C)C. The van der Waals surface area contributed by atoms with Crippen LogP contribution in [-0.2, 0) is 9.53 Å². The fourth-order valence-electron chi connectivity index (χ4n) is 2.89. The van der Waals surface area contributed by atoms with Gasteiger partial charge in [-0.25, -0.2) is 4.79 Å². The van der Waals surface area contributed by atoms with Gasteiger partial charge in [-0.1, -0.05) is 19.6 Å². The molecule has 0 aromatic heterocycles. The largest absolute Gasteiger partial charge is 0.444 e. The van der Waals surface area contributed by atoms with Crippen LogP contribution < -0.4 is 5.32 Å². The van der Waals surface area contributed by atoms with Gasteiger partial charge in [-0.05, 0) is 57.9 Å². The number of carbonyl (C=O) groups is 2. The Hall–Kier alpha value is -1.78. The van der Waals surface area contributed by atoms with Gasteiger partial charge >= 0.3 is 6.09 Å². The molecule has 2 aliphatic rings. The van der Waals surface area contributed by atoms with Gasteiger partial charge in [-0.15, -0.1) is 0 Å². The molecule has 23 heavy (non-hydrogen) atoms. The Kier molecular flexibility index (Phi) is 4.87. The van der Waals surface area contributed by atoms with Gasteiger partial charge in [0.05, 0.1) is 0 Å². The van der Waals surface area contributed by atoms with Gasteiger partial charge in [-0.3, -0.25) is 9.69 Å². The maximum Gasteiger partial charge on any atom is 0.410 e. The van der Waals surface area contributed by atoms with Crippen LogP contribution in [0.3, 0.4) is 0 Å². The smallest absolute Gasteiger partial charge is 0.410 e. The first-order valence-corrected chi connectivity index (χ1v) is 8.32. The van der Waals surface area contributed by atoms with Crippen molar-refractivity contribution in [3.05, 3.63) is 24.4 Å². The number of ether oxygens (including phenoxy) is 1. The summed E-state index contributed by atoms with van der Waals surface area (Å²) in [5.74, 6) is -0.176. The van der Waals surface area contributed by atoms with Gasteiger partial charge in [-0.2, -0.15) is 0 Å². The average Bonchev–Trinajstić information content (AvgIpc) is 3.05. The van der Waals surface area contributed by atoms with Crippen LogP contribution >= 0.6 is 0 Å². The molecule has 1 saturated carbocycles. The Morgan fingerprint density at radius 1 is 1.39 bits per heavy atom. The van der Waals surface area contributed by atoms with E-state index in [4.69, 9.17) is 4.74 Å². The normalized spacial score (nSPS) is 22.4. The van der Waals surface area contributed by atoms with Crippen molar-refractivity contribution in [1.29, 1.82) is 0 Å². The molecule has 5 heteroatoms. The molecular weight excluding hydrogens is 292 g/mol. The number of nitrogens with one attached hydrogen (secondary N) is 1. The number of hydrogen-bond acceptors (Lipinski definition) is 3. The van der Waals surface area contributed by atoms with E-state index in [1.807, 2.05) is 33.8 Å². The lowest BCUT2D eigenvalue weighted by Crippen LogP contribution is -2.47. The van der Waals surface area contributed by atoms with Crippen molar-refractivity contribution in [2.24, 2.45) is 5.41 Å². The van der Waals surface area contributed by atoms with Crippen LogP contribution in [0, 0.1) is 5.41 Å². The molecule has 1 heterocycles. The predicted molar refractivity (Wildman–Crippen MR) is 89.7 cm³/mol. The minimum Gasteiger partial charge on any atom is -0.444 e. The first-order chi connectivity index (χ1) is 10.7. The highest BCUT2D eigenvalue weighted by Crippen LogP contribution is 2.55. The summed E-state index contributed by atoms with van der Waals surface area (Å²) in [5, 5.41) is 2.80. The lowest BCUT2D eigenvalue weighted by Gasteiger charge is -2.28. The lowest BCUT2D eigenvalue weighted by atomic mass is 10.0. The van der Waals surface area contributed by atoms with Crippen LogP contribution in [0.4, 0.5) is 4.79 Å². The van der Waals surface area contributed by atoms with E-state index in [0.29, 0.717) is 18.7 Å². The molecule has 0 aromatic carbocycles. The highest BCUT2D eigenvalue weighted by molar-refractivity contribution is 5.88. The maximum absolute atomic E-state index is 12.6. The van der Waals surface area contributed by atoms with Gasteiger partial charge in [0.2, 0.25) is 5.91 Å². The summed E-state index contributed by atoms with van der Waals surface area (Å²) < 4.78 is 5.46. The first-order valence-electron chi connectivity index (χ1n) is 8.32. The molecule has 0 unspecified atom stereocenters. The molecule has 1 atom stereocenters. The zero-order chi connectivity index (χ0) is 17.3. The van der Waals surface area contributed by atoms with E-state index in [1.54, 1.807) is 11.0 Å². The van der Waals surface area contributed by atoms with E-state index in [9.17, 15) is 9.59 Å². The second-order valence-corrected chi connectivity index (χ2v) is 7.65. The van der Waals surface area contributed by atoms with Crippen LogP contribution in [0.1, 0.15) is 53.4 Å². The Labute approximate surface area is 138 Å². The van der Waals surface area contributed by atoms with Crippen molar-refractivity contribution < 1.29 is 14.3 Å². The fourth-order valence-corrected chi connectivity index (χ4v) is 2.89. The van der Waals surface area contributed by atoms with Crippen LogP contribution in [0.5, 0.6) is 0 Å². The van der Waals surface area contributed by atoms with E-state index >= 15 is 0 Å². The van der Waals surface area contributed by atoms with Gasteiger partial charge in [0.1, 0.15) is 11.6 Å². The summed E-state index contributed by atoms with van der Waals surface area (Å²) in [6, 6.07) is -0.473. The summed E-state index contributed by atoms with van der Waals surface area (Å²) >= 11 is 0. The van der Waals surface area contributed by atoms with E-state index in [2.05, 4.69) is 11.9 Å². The monoisotopic (exact) mass is 320 g/mol. The molecule has 2 fully saturated rings. The third kappa shape index (κ3) is 4.60. The number of amides is 2. The number of likely N-dealkylation sites (tertiary alicyclic amines) is 1. The first kappa shape index (κ1) is 17.6. The maximum atomic E-state index is 12.6. The van der Waals surface area contributed by atoms with Crippen molar-refractivity contribution >= 4 is 12.0 Å². The molecule has 1 aliphatic carbocycles. The van der Waals surface area contributed by atoms with Crippen LogP contribution in [-0.4, -0.2) is 35.1 Å². The molecule has 0 aromatic rings. The van der Waals surface area contributed by atoms with Crippen molar-refractivity contribution in [3.63, 3.8) is 0 Å².